The molecule has 1 aromatic carbocycles. The number of carbonyl (C=O) groups excluding carboxylic acids is 2. The number of carboxylic acid groups (broad SMARTS) is 2. The number of halogens is 1. The van der Waals surface area contributed by atoms with Gasteiger partial charge in [-0.2, -0.15) is 0 Å². The maximum absolute atomic E-state index is 13.7. The van der Waals surface area contributed by atoms with Crippen LogP contribution in [0.25, 0.3) is 10.9 Å². The van der Waals surface area contributed by atoms with Crippen molar-refractivity contribution in [2.24, 2.45) is 18.1 Å². The lowest BCUT2D eigenvalue weighted by molar-refractivity contribution is -0.920. The third kappa shape index (κ3) is 7.09. The summed E-state index contributed by atoms with van der Waals surface area (Å²) in [6.07, 6.45) is 1.63. The Morgan fingerprint density at radius 1 is 1.18 bits per heavy atom. The number of hydrogen-bond acceptors (Lipinski definition) is 14. The van der Waals surface area contributed by atoms with Crippen LogP contribution in [0.5, 0.6) is 11.5 Å². The Labute approximate surface area is 325 Å². The number of anilines is 1. The number of β-lactam (4-membered cyclic amide) rings is 1. The van der Waals surface area contributed by atoms with Gasteiger partial charge in [-0.15, -0.1) is 23.1 Å². The minimum Gasteiger partial charge on any atom is -0.504 e. The second kappa shape index (κ2) is 14.7. The molecule has 0 spiro atoms. The monoisotopic (exact) mass is 823 g/mol. The molecule has 2 aromatic heterocycles. The molecule has 5 atom stereocenters. The first-order chi connectivity index (χ1) is 25.8. The first-order valence-electron chi connectivity index (χ1n) is 17.2. The fourth-order valence-electron chi connectivity index (χ4n) is 7.45. The molecule has 3 saturated heterocycles. The minimum absolute atomic E-state index is 0.0121. The number of rotatable bonds is 12. The van der Waals surface area contributed by atoms with Crippen molar-refractivity contribution < 1.29 is 48.9 Å². The van der Waals surface area contributed by atoms with Crippen LogP contribution in [-0.4, -0.2) is 128 Å². The molecule has 6 rings (SSSR count). The standard InChI is InChI=1S/C33H39ClN8O11S2/c1-14-15(12-42(8-5-6-9-42)10-7-40-26(46)19-17(39(4)32(40)52)11-18(43)24(44)20(19)34)23(29(48)49)41-27(47)22(28(41)55-14)37-25(45)21(16-13-54-31(35)36-16)38-53-33(2,3)30(50)51/h11,13-15,22-23,28H,5-10,12H2,1-4H3,(H6-,35,36,37,38,43,44,45,46,48,49,50,51)/p+1/t14-,15?,22+,23?,28+/m0/s1. The molecule has 5 heterocycles. The van der Waals surface area contributed by atoms with Crippen molar-refractivity contribution in [3.63, 3.8) is 0 Å². The van der Waals surface area contributed by atoms with Crippen LogP contribution in [0.15, 0.2) is 26.2 Å². The Hall–Kier alpha value is -4.86. The van der Waals surface area contributed by atoms with Crippen LogP contribution in [0, 0.1) is 5.92 Å². The summed E-state index contributed by atoms with van der Waals surface area (Å²) in [5, 5.41) is 46.5. The average Bonchev–Trinajstić information content (AvgIpc) is 3.77. The zero-order valence-electron chi connectivity index (χ0n) is 30.1. The molecule has 3 aliphatic heterocycles. The molecule has 55 heavy (non-hydrogen) atoms. The van der Waals surface area contributed by atoms with E-state index in [0.29, 0.717) is 24.1 Å². The number of aromatic hydroxyl groups is 2. The summed E-state index contributed by atoms with van der Waals surface area (Å²) in [4.78, 5) is 89.3. The van der Waals surface area contributed by atoms with Crippen molar-refractivity contribution in [3.8, 4) is 11.5 Å². The summed E-state index contributed by atoms with van der Waals surface area (Å²) in [5.41, 5.74) is 2.14. The molecule has 0 bridgehead atoms. The number of nitrogens with two attached hydrogens (primary N) is 1. The number of phenols is 2. The quantitative estimate of drug-likeness (QED) is 0.0479. The van der Waals surface area contributed by atoms with Gasteiger partial charge in [0.2, 0.25) is 11.5 Å². The summed E-state index contributed by atoms with van der Waals surface area (Å²) < 4.78 is 2.55. The Morgan fingerprint density at radius 2 is 1.85 bits per heavy atom. The molecule has 296 valence electrons. The summed E-state index contributed by atoms with van der Waals surface area (Å²) in [6.45, 7) is 6.14. The lowest BCUT2D eigenvalue weighted by Crippen LogP contribution is -2.77. The number of carbonyl (C=O) groups is 4. The number of fused-ring (bicyclic) bond motifs is 2. The molecular formula is C33H40ClN8O11S2+. The van der Waals surface area contributed by atoms with Gasteiger partial charge in [0.05, 0.1) is 49.5 Å². The Kier molecular flexibility index (Phi) is 10.6. The van der Waals surface area contributed by atoms with Crippen molar-refractivity contribution in [1.29, 1.82) is 0 Å². The predicted molar refractivity (Wildman–Crippen MR) is 201 cm³/mol. The number of thioether (sulfide) groups is 1. The molecule has 3 aromatic rings. The third-order valence-electron chi connectivity index (χ3n) is 10.6. The summed E-state index contributed by atoms with van der Waals surface area (Å²) >= 11 is 8.58. The van der Waals surface area contributed by atoms with E-state index in [1.165, 1.54) is 42.9 Å². The van der Waals surface area contributed by atoms with Gasteiger partial charge in [0.15, 0.2) is 22.3 Å². The van der Waals surface area contributed by atoms with E-state index in [-0.39, 0.29) is 45.1 Å². The molecule has 0 radical (unpaired) electrons. The fourth-order valence-corrected chi connectivity index (χ4v) is 9.86. The number of benzene rings is 1. The second-order valence-corrected chi connectivity index (χ2v) is 17.2. The number of aromatic nitrogens is 3. The van der Waals surface area contributed by atoms with E-state index < -0.39 is 81.2 Å². The van der Waals surface area contributed by atoms with Gasteiger partial charge in [-0.1, -0.05) is 23.7 Å². The van der Waals surface area contributed by atoms with Crippen LogP contribution in [0.2, 0.25) is 5.02 Å². The molecule has 3 aliphatic rings. The number of aryl methyl sites for hydroxylation is 1. The largest absolute Gasteiger partial charge is 0.504 e. The first-order valence-corrected chi connectivity index (χ1v) is 19.4. The van der Waals surface area contributed by atoms with Gasteiger partial charge in [0.1, 0.15) is 28.2 Å². The molecule has 0 aliphatic carbocycles. The molecule has 0 saturated carbocycles. The number of thiazole rings is 1. The number of nitrogen functional groups attached to an aromatic ring is 1. The smallest absolute Gasteiger partial charge is 0.350 e. The van der Waals surface area contributed by atoms with Crippen molar-refractivity contribution in [1.82, 2.24) is 24.3 Å². The van der Waals surface area contributed by atoms with Crippen LogP contribution in [0.3, 0.4) is 0 Å². The maximum Gasteiger partial charge on any atom is 0.350 e. The maximum atomic E-state index is 13.7. The second-order valence-electron chi connectivity index (χ2n) is 14.4. The first kappa shape index (κ1) is 39.8. The molecule has 3 fully saturated rings. The molecule has 7 N–H and O–H groups in total. The van der Waals surface area contributed by atoms with Gasteiger partial charge in [0, 0.05) is 36.6 Å². The van der Waals surface area contributed by atoms with E-state index in [1.54, 1.807) is 0 Å². The number of aliphatic carboxylic acids is 2. The minimum atomic E-state index is -1.81. The Morgan fingerprint density at radius 3 is 2.45 bits per heavy atom. The van der Waals surface area contributed by atoms with E-state index >= 15 is 0 Å². The van der Waals surface area contributed by atoms with Gasteiger partial charge in [-0.05, 0) is 13.8 Å². The summed E-state index contributed by atoms with van der Waals surface area (Å²) in [7, 11) is 1.42. The summed E-state index contributed by atoms with van der Waals surface area (Å²) in [6, 6.07) is -1.31. The van der Waals surface area contributed by atoms with E-state index in [4.69, 9.17) is 22.2 Å². The highest BCUT2D eigenvalue weighted by Crippen LogP contribution is 2.46. The lowest BCUT2D eigenvalue weighted by Gasteiger charge is -2.56. The number of nitrogens with one attached hydrogen (secondary N) is 1. The molecule has 2 unspecified atom stereocenters. The molecule has 22 heteroatoms. The number of carboxylic acids is 2. The van der Waals surface area contributed by atoms with E-state index in [9.17, 15) is 49.2 Å². The van der Waals surface area contributed by atoms with Crippen LogP contribution in [0.4, 0.5) is 5.13 Å². The van der Waals surface area contributed by atoms with E-state index in [0.717, 1.165) is 39.4 Å². The highest BCUT2D eigenvalue weighted by atomic mass is 35.5. The highest BCUT2D eigenvalue weighted by Gasteiger charge is 2.61. The van der Waals surface area contributed by atoms with Crippen LogP contribution >= 0.6 is 34.7 Å². The molecule has 19 nitrogen and oxygen atoms in total. The number of phenolic OH excluding ortho intramolecular Hbond substituents is 2. The predicted octanol–water partition coefficient (Wildman–Crippen LogP) is 0.556. The fraction of sp³-hybridized carbons (Fsp3) is 0.515. The molecule has 2 amide bonds. The number of nitrogens with zero attached hydrogens (tertiary/aromatic N) is 6. The van der Waals surface area contributed by atoms with Gasteiger partial charge >= 0.3 is 17.6 Å². The Balaban J connectivity index is 1.23. The van der Waals surface area contributed by atoms with E-state index in [1.807, 2.05) is 6.92 Å². The zero-order chi connectivity index (χ0) is 40.3. The summed E-state index contributed by atoms with van der Waals surface area (Å²) in [5.74, 6) is -5.94. The van der Waals surface area contributed by atoms with Crippen LogP contribution in [0.1, 0.15) is 39.3 Å². The number of oxime groups is 1. The third-order valence-corrected chi connectivity index (χ3v) is 13.2. The SMILES string of the molecule is C[C@@H]1S[C@@H]2[C@H](NC(=O)/C(=N\OC(C)(C)C(=O)O)c3csc(N)n3)C(=O)N2C(C(=O)O)C1C[N+]1(CCn2c(=O)c3c(Cl)c(O)c(O)cc3n(C)c2=O)CCCC1. The zero-order valence-corrected chi connectivity index (χ0v) is 32.5. The van der Waals surface area contributed by atoms with Gasteiger partial charge in [0.25, 0.3) is 11.5 Å². The average molecular weight is 824 g/mol. The number of quaternary nitrogens is 1. The topological polar surface area (TPSA) is 269 Å². The number of amides is 2. The van der Waals surface area contributed by atoms with Crippen molar-refractivity contribution in [2.75, 3.05) is 31.9 Å². The van der Waals surface area contributed by atoms with E-state index in [2.05, 4.69) is 15.5 Å². The normalized spacial score (nSPS) is 23.7. The highest BCUT2D eigenvalue weighted by molar-refractivity contribution is 8.00. The van der Waals surface area contributed by atoms with Gasteiger partial charge in [-0.25, -0.2) is 19.4 Å². The van der Waals surface area contributed by atoms with Crippen molar-refractivity contribution in [2.45, 2.75) is 68.5 Å². The van der Waals surface area contributed by atoms with Crippen molar-refractivity contribution in [3.05, 3.63) is 43.0 Å². The number of hydrogen-bond donors (Lipinski definition) is 6. The van der Waals surface area contributed by atoms with Crippen LogP contribution in [-0.2, 0) is 37.6 Å². The van der Waals surface area contributed by atoms with Gasteiger partial charge in [-0.3, -0.25) is 23.5 Å². The lowest BCUT2D eigenvalue weighted by atomic mass is 9.88. The Bertz CT molecular complexity index is 2250. The van der Waals surface area contributed by atoms with Crippen LogP contribution < -0.4 is 22.3 Å². The number of likely N-dealkylation sites (tertiary alicyclic amines) is 1. The van der Waals surface area contributed by atoms with Gasteiger partial charge < -0.3 is 45.7 Å². The van der Waals surface area contributed by atoms with Crippen molar-refractivity contribution >= 4 is 80.2 Å². The molecular weight excluding hydrogens is 784 g/mol.